The smallest absolute Gasteiger partial charge is 0.324 e. The monoisotopic (exact) mass is 205 g/mol. The molecule has 0 aromatic heterocycles. The van der Waals surface area contributed by atoms with Crippen LogP contribution in [0.2, 0.25) is 0 Å². The molecule has 0 spiro atoms. The molecule has 0 radical (unpaired) electrons. The van der Waals surface area contributed by atoms with Crippen LogP contribution in [0.15, 0.2) is 0 Å². The van der Waals surface area contributed by atoms with E-state index in [1.165, 1.54) is 0 Å². The van der Waals surface area contributed by atoms with Gasteiger partial charge in [-0.2, -0.15) is 12.6 Å². The Labute approximate surface area is 83.2 Å². The van der Waals surface area contributed by atoms with E-state index in [0.717, 1.165) is 12.8 Å². The van der Waals surface area contributed by atoms with E-state index in [-0.39, 0.29) is 12.1 Å². The number of hydrogen-bond acceptors (Lipinski definition) is 5. The number of ether oxygens (including phenoxy) is 2. The zero-order valence-corrected chi connectivity index (χ0v) is 8.33. The molecule has 0 amide bonds. The Bertz CT molecular complexity index is 171. The molecule has 1 heterocycles. The summed E-state index contributed by atoms with van der Waals surface area (Å²) in [5.41, 5.74) is 5.45. The summed E-state index contributed by atoms with van der Waals surface area (Å²) in [6.45, 7) is 1.32. The Morgan fingerprint density at radius 1 is 1.62 bits per heavy atom. The van der Waals surface area contributed by atoms with Crippen molar-refractivity contribution in [1.82, 2.24) is 0 Å². The molecule has 1 atom stereocenters. The minimum absolute atomic E-state index is 0.0211. The largest absolute Gasteiger partial charge is 0.461 e. The van der Waals surface area contributed by atoms with Crippen molar-refractivity contribution < 1.29 is 14.3 Å². The summed E-state index contributed by atoms with van der Waals surface area (Å²) in [4.78, 5) is 11.2. The maximum Gasteiger partial charge on any atom is 0.324 e. The van der Waals surface area contributed by atoms with Crippen LogP contribution in [0.1, 0.15) is 12.8 Å². The van der Waals surface area contributed by atoms with E-state index in [2.05, 4.69) is 12.6 Å². The van der Waals surface area contributed by atoms with Crippen LogP contribution in [-0.2, 0) is 14.3 Å². The highest BCUT2D eigenvalue weighted by Gasteiger charge is 2.21. The van der Waals surface area contributed by atoms with Gasteiger partial charge in [-0.25, -0.2) is 0 Å². The van der Waals surface area contributed by atoms with Gasteiger partial charge in [-0.3, -0.25) is 4.79 Å². The first-order valence-corrected chi connectivity index (χ1v) is 5.02. The Hall–Kier alpha value is -0.260. The second-order valence-corrected chi connectivity index (χ2v) is 3.40. The molecule has 1 fully saturated rings. The molecule has 0 aliphatic carbocycles. The maximum atomic E-state index is 11.2. The molecule has 4 nitrogen and oxygen atoms in total. The summed E-state index contributed by atoms with van der Waals surface area (Å²) in [7, 11) is 0. The predicted octanol–water partition coefficient (Wildman–Crippen LogP) is -0.0343. The molecule has 0 aromatic rings. The van der Waals surface area contributed by atoms with Crippen LogP contribution in [0.3, 0.4) is 0 Å². The van der Waals surface area contributed by atoms with E-state index in [9.17, 15) is 4.79 Å². The average Bonchev–Trinajstić information content (AvgIpc) is 2.18. The van der Waals surface area contributed by atoms with Crippen molar-refractivity contribution in [3.05, 3.63) is 0 Å². The van der Waals surface area contributed by atoms with E-state index < -0.39 is 6.04 Å². The standard InChI is InChI=1S/C8H15NO3S/c9-7(5-13)8(10)12-6-1-3-11-4-2-6/h6-7,13H,1-5,9H2/t7-/m1/s1. The van der Waals surface area contributed by atoms with E-state index in [1.54, 1.807) is 0 Å². The number of carbonyl (C=O) groups is 1. The molecule has 2 N–H and O–H groups in total. The zero-order chi connectivity index (χ0) is 9.68. The summed E-state index contributed by atoms with van der Waals surface area (Å²) in [6, 6.07) is -0.605. The van der Waals surface area contributed by atoms with Crippen molar-refractivity contribution in [2.45, 2.75) is 25.0 Å². The molecule has 76 valence electrons. The van der Waals surface area contributed by atoms with Crippen LogP contribution in [0.4, 0.5) is 0 Å². The Kier molecular flexibility index (Phi) is 4.55. The highest BCUT2D eigenvalue weighted by molar-refractivity contribution is 7.80. The summed E-state index contributed by atoms with van der Waals surface area (Å²) < 4.78 is 10.3. The van der Waals surface area contributed by atoms with E-state index in [1.807, 2.05) is 0 Å². The average molecular weight is 205 g/mol. The second-order valence-electron chi connectivity index (χ2n) is 3.04. The lowest BCUT2D eigenvalue weighted by molar-refractivity contribution is -0.154. The molecule has 5 heteroatoms. The number of carbonyl (C=O) groups excluding carboxylic acids is 1. The summed E-state index contributed by atoms with van der Waals surface area (Å²) in [5.74, 6) is -0.0379. The SMILES string of the molecule is N[C@H](CS)C(=O)OC1CCOCC1. The fraction of sp³-hybridized carbons (Fsp3) is 0.875. The van der Waals surface area contributed by atoms with Gasteiger partial charge in [0.05, 0.1) is 13.2 Å². The molecular weight excluding hydrogens is 190 g/mol. The zero-order valence-electron chi connectivity index (χ0n) is 7.44. The molecular formula is C8H15NO3S. The fourth-order valence-corrected chi connectivity index (χ4v) is 1.27. The van der Waals surface area contributed by atoms with E-state index in [0.29, 0.717) is 19.0 Å². The van der Waals surface area contributed by atoms with Gasteiger partial charge in [-0.15, -0.1) is 0 Å². The molecule has 1 aliphatic rings. The number of thiol groups is 1. The lowest BCUT2D eigenvalue weighted by atomic mass is 10.1. The highest BCUT2D eigenvalue weighted by atomic mass is 32.1. The topological polar surface area (TPSA) is 61.6 Å². The van der Waals surface area contributed by atoms with Crippen molar-refractivity contribution in [3.63, 3.8) is 0 Å². The molecule has 0 saturated carbocycles. The first-order chi connectivity index (χ1) is 6.24. The van der Waals surface area contributed by atoms with Gasteiger partial charge in [0.25, 0.3) is 0 Å². The van der Waals surface area contributed by atoms with Gasteiger partial charge in [-0.1, -0.05) is 0 Å². The predicted molar refractivity (Wildman–Crippen MR) is 51.8 cm³/mol. The van der Waals surface area contributed by atoms with Crippen LogP contribution < -0.4 is 5.73 Å². The summed E-state index contributed by atoms with van der Waals surface area (Å²) in [6.07, 6.45) is 1.52. The number of nitrogens with two attached hydrogens (primary N) is 1. The van der Waals surface area contributed by atoms with Crippen LogP contribution in [-0.4, -0.2) is 37.1 Å². The van der Waals surface area contributed by atoms with Crippen molar-refractivity contribution in [1.29, 1.82) is 0 Å². The van der Waals surface area contributed by atoms with E-state index in [4.69, 9.17) is 15.2 Å². The highest BCUT2D eigenvalue weighted by Crippen LogP contribution is 2.11. The van der Waals surface area contributed by atoms with Gasteiger partial charge in [0, 0.05) is 18.6 Å². The number of hydrogen-bond donors (Lipinski definition) is 2. The quantitative estimate of drug-likeness (QED) is 0.501. The minimum atomic E-state index is -0.605. The van der Waals surface area contributed by atoms with Gasteiger partial charge in [0.1, 0.15) is 12.1 Å². The van der Waals surface area contributed by atoms with Gasteiger partial charge < -0.3 is 15.2 Å². The molecule has 1 saturated heterocycles. The van der Waals surface area contributed by atoms with Crippen molar-refractivity contribution in [2.24, 2.45) is 5.73 Å². The molecule has 0 unspecified atom stereocenters. The minimum Gasteiger partial charge on any atom is -0.461 e. The summed E-state index contributed by atoms with van der Waals surface area (Å²) in [5, 5.41) is 0. The third-order valence-electron chi connectivity index (χ3n) is 1.95. The summed E-state index contributed by atoms with van der Waals surface area (Å²) >= 11 is 3.92. The van der Waals surface area contributed by atoms with Gasteiger partial charge >= 0.3 is 5.97 Å². The third kappa shape index (κ3) is 3.54. The van der Waals surface area contributed by atoms with Gasteiger partial charge in [0.15, 0.2) is 0 Å². The molecule has 1 rings (SSSR count). The Morgan fingerprint density at radius 3 is 2.77 bits per heavy atom. The van der Waals surface area contributed by atoms with Crippen LogP contribution in [0, 0.1) is 0 Å². The second kappa shape index (κ2) is 5.47. The van der Waals surface area contributed by atoms with Gasteiger partial charge in [-0.05, 0) is 0 Å². The fourth-order valence-electron chi connectivity index (χ4n) is 1.12. The van der Waals surface area contributed by atoms with Crippen LogP contribution in [0.25, 0.3) is 0 Å². The lowest BCUT2D eigenvalue weighted by Gasteiger charge is -2.23. The lowest BCUT2D eigenvalue weighted by Crippen LogP contribution is -2.37. The molecule has 0 aromatic carbocycles. The molecule has 13 heavy (non-hydrogen) atoms. The van der Waals surface area contributed by atoms with Crippen molar-refractivity contribution in [2.75, 3.05) is 19.0 Å². The van der Waals surface area contributed by atoms with Crippen molar-refractivity contribution >= 4 is 18.6 Å². The Balaban J connectivity index is 2.26. The first kappa shape index (κ1) is 10.8. The van der Waals surface area contributed by atoms with Crippen LogP contribution >= 0.6 is 12.6 Å². The molecule has 0 bridgehead atoms. The van der Waals surface area contributed by atoms with Gasteiger partial charge in [0.2, 0.25) is 0 Å². The first-order valence-electron chi connectivity index (χ1n) is 4.38. The van der Waals surface area contributed by atoms with E-state index >= 15 is 0 Å². The Morgan fingerprint density at radius 2 is 2.23 bits per heavy atom. The molecule has 1 aliphatic heterocycles. The maximum absolute atomic E-state index is 11.2. The number of rotatable bonds is 3. The number of esters is 1. The van der Waals surface area contributed by atoms with Crippen molar-refractivity contribution in [3.8, 4) is 0 Å². The van der Waals surface area contributed by atoms with Crippen LogP contribution in [0.5, 0.6) is 0 Å². The normalized spacial score (nSPS) is 21.1. The third-order valence-corrected chi connectivity index (χ3v) is 2.34.